The van der Waals surface area contributed by atoms with Crippen LogP contribution < -0.4 is 5.73 Å². The predicted molar refractivity (Wildman–Crippen MR) is 75.5 cm³/mol. The molecule has 1 heterocycles. The van der Waals surface area contributed by atoms with Gasteiger partial charge in [-0.15, -0.1) is 0 Å². The van der Waals surface area contributed by atoms with Crippen molar-refractivity contribution >= 4 is 11.6 Å². The normalized spacial score (nSPS) is 10.4. The van der Waals surface area contributed by atoms with Gasteiger partial charge in [-0.2, -0.15) is 0 Å². The monoisotopic (exact) mass is 289 g/mol. The highest BCUT2D eigenvalue weighted by molar-refractivity contribution is 5.91. The highest BCUT2D eigenvalue weighted by atomic mass is 16.6. The molecule has 21 heavy (non-hydrogen) atoms. The number of hydrogen-bond donors (Lipinski definition) is 1. The SMILES string of the molecule is CN(Cc1cccc([N+](=O)[O-])c1)C(=O)c1ccc(CN)o1. The van der Waals surface area contributed by atoms with E-state index in [0.29, 0.717) is 11.3 Å². The smallest absolute Gasteiger partial charge is 0.289 e. The van der Waals surface area contributed by atoms with Gasteiger partial charge in [0.05, 0.1) is 11.5 Å². The van der Waals surface area contributed by atoms with Gasteiger partial charge in [0.15, 0.2) is 5.76 Å². The van der Waals surface area contributed by atoms with Crippen LogP contribution in [0.3, 0.4) is 0 Å². The molecule has 0 bridgehead atoms. The van der Waals surface area contributed by atoms with Crippen molar-refractivity contribution in [2.45, 2.75) is 13.1 Å². The summed E-state index contributed by atoms with van der Waals surface area (Å²) in [6.45, 7) is 0.473. The summed E-state index contributed by atoms with van der Waals surface area (Å²) in [6.07, 6.45) is 0. The highest BCUT2D eigenvalue weighted by Crippen LogP contribution is 2.16. The number of non-ortho nitro benzene ring substituents is 1. The second-order valence-electron chi connectivity index (χ2n) is 4.56. The molecule has 0 saturated carbocycles. The summed E-state index contributed by atoms with van der Waals surface area (Å²) in [5.41, 5.74) is 6.09. The maximum atomic E-state index is 12.2. The van der Waals surface area contributed by atoms with E-state index >= 15 is 0 Å². The van der Waals surface area contributed by atoms with Gasteiger partial charge >= 0.3 is 0 Å². The summed E-state index contributed by atoms with van der Waals surface area (Å²) >= 11 is 0. The van der Waals surface area contributed by atoms with Gasteiger partial charge in [0.2, 0.25) is 0 Å². The Morgan fingerprint density at radius 2 is 2.14 bits per heavy atom. The number of nitrogens with two attached hydrogens (primary N) is 1. The van der Waals surface area contributed by atoms with Crippen LogP contribution in [-0.2, 0) is 13.1 Å². The molecule has 0 fully saturated rings. The number of amides is 1. The zero-order valence-electron chi connectivity index (χ0n) is 11.5. The minimum Gasteiger partial charge on any atom is -0.455 e. The number of rotatable bonds is 5. The van der Waals surface area contributed by atoms with Crippen molar-refractivity contribution in [3.05, 3.63) is 63.6 Å². The van der Waals surface area contributed by atoms with Crippen molar-refractivity contribution in [1.29, 1.82) is 0 Å². The Hall–Kier alpha value is -2.67. The Bertz CT molecular complexity index is 666. The van der Waals surface area contributed by atoms with Gasteiger partial charge in [0.1, 0.15) is 5.76 Å². The predicted octanol–water partition coefficient (Wildman–Crippen LogP) is 1.92. The van der Waals surface area contributed by atoms with Crippen LogP contribution in [0.1, 0.15) is 21.9 Å². The molecular formula is C14H15N3O4. The first-order valence-electron chi connectivity index (χ1n) is 6.29. The summed E-state index contributed by atoms with van der Waals surface area (Å²) in [6, 6.07) is 9.38. The van der Waals surface area contributed by atoms with Gasteiger partial charge in [-0.25, -0.2) is 0 Å². The van der Waals surface area contributed by atoms with E-state index in [1.165, 1.54) is 17.0 Å². The third-order valence-electron chi connectivity index (χ3n) is 2.96. The van der Waals surface area contributed by atoms with Crippen LogP contribution in [0.5, 0.6) is 0 Å². The van der Waals surface area contributed by atoms with Crippen molar-refractivity contribution < 1.29 is 14.1 Å². The van der Waals surface area contributed by atoms with E-state index in [1.807, 2.05) is 0 Å². The fraction of sp³-hybridized carbons (Fsp3) is 0.214. The molecule has 1 aromatic heterocycles. The fourth-order valence-electron chi connectivity index (χ4n) is 1.90. The molecule has 2 aromatic rings. The van der Waals surface area contributed by atoms with Gasteiger partial charge in [-0.3, -0.25) is 14.9 Å². The average molecular weight is 289 g/mol. The van der Waals surface area contributed by atoms with Crippen molar-refractivity contribution in [3.63, 3.8) is 0 Å². The quantitative estimate of drug-likeness (QED) is 0.669. The van der Waals surface area contributed by atoms with E-state index in [2.05, 4.69) is 0 Å². The minimum atomic E-state index is -0.467. The van der Waals surface area contributed by atoms with Gasteiger partial charge < -0.3 is 15.1 Å². The Morgan fingerprint density at radius 3 is 2.76 bits per heavy atom. The molecule has 0 spiro atoms. The lowest BCUT2D eigenvalue weighted by Crippen LogP contribution is -2.25. The first-order chi connectivity index (χ1) is 10.0. The van der Waals surface area contributed by atoms with Crippen LogP contribution in [0.4, 0.5) is 5.69 Å². The zero-order chi connectivity index (χ0) is 15.4. The number of nitro groups is 1. The summed E-state index contributed by atoms with van der Waals surface area (Å²) in [5.74, 6) is 0.423. The van der Waals surface area contributed by atoms with Gasteiger partial charge in [0, 0.05) is 25.7 Å². The first kappa shape index (κ1) is 14.7. The van der Waals surface area contributed by atoms with Crippen molar-refractivity contribution in [3.8, 4) is 0 Å². The van der Waals surface area contributed by atoms with Crippen LogP contribution in [0.25, 0.3) is 0 Å². The summed E-state index contributed by atoms with van der Waals surface area (Å²) in [4.78, 5) is 23.8. The topological polar surface area (TPSA) is 103 Å². The van der Waals surface area contributed by atoms with Crippen LogP contribution in [0, 0.1) is 10.1 Å². The zero-order valence-corrected chi connectivity index (χ0v) is 11.5. The number of nitrogens with zero attached hydrogens (tertiary/aromatic N) is 2. The molecule has 0 aliphatic carbocycles. The minimum absolute atomic E-state index is 0.00299. The van der Waals surface area contributed by atoms with E-state index in [-0.39, 0.29) is 30.4 Å². The van der Waals surface area contributed by atoms with E-state index in [4.69, 9.17) is 10.2 Å². The molecule has 1 amide bonds. The molecule has 7 nitrogen and oxygen atoms in total. The molecule has 1 aromatic carbocycles. The lowest BCUT2D eigenvalue weighted by atomic mass is 10.2. The van der Waals surface area contributed by atoms with E-state index in [1.54, 1.807) is 31.3 Å². The van der Waals surface area contributed by atoms with E-state index in [9.17, 15) is 14.9 Å². The Balaban J connectivity index is 2.10. The summed E-state index contributed by atoms with van der Waals surface area (Å²) in [5, 5.41) is 10.7. The third kappa shape index (κ3) is 3.46. The van der Waals surface area contributed by atoms with Crippen molar-refractivity contribution in [2.24, 2.45) is 5.73 Å². The van der Waals surface area contributed by atoms with Crippen LogP contribution in [0.2, 0.25) is 0 Å². The molecule has 2 rings (SSSR count). The van der Waals surface area contributed by atoms with Crippen molar-refractivity contribution in [2.75, 3.05) is 7.05 Å². The fourth-order valence-corrected chi connectivity index (χ4v) is 1.90. The molecule has 2 N–H and O–H groups in total. The third-order valence-corrected chi connectivity index (χ3v) is 2.96. The van der Waals surface area contributed by atoms with Crippen molar-refractivity contribution in [1.82, 2.24) is 4.90 Å². The number of carbonyl (C=O) groups is 1. The molecule has 0 saturated heterocycles. The van der Waals surface area contributed by atoms with Gasteiger partial charge in [0.25, 0.3) is 11.6 Å². The number of benzene rings is 1. The lowest BCUT2D eigenvalue weighted by molar-refractivity contribution is -0.384. The number of hydrogen-bond acceptors (Lipinski definition) is 5. The molecule has 0 radical (unpaired) electrons. The van der Waals surface area contributed by atoms with Crippen LogP contribution in [0.15, 0.2) is 40.8 Å². The molecule has 0 atom stereocenters. The molecular weight excluding hydrogens is 274 g/mol. The number of furan rings is 1. The Morgan fingerprint density at radius 1 is 1.38 bits per heavy atom. The van der Waals surface area contributed by atoms with Gasteiger partial charge in [-0.05, 0) is 17.7 Å². The maximum Gasteiger partial charge on any atom is 0.289 e. The molecule has 0 aliphatic rings. The highest BCUT2D eigenvalue weighted by Gasteiger charge is 2.17. The second kappa shape index (κ2) is 6.19. The number of carbonyl (C=O) groups excluding carboxylic acids is 1. The maximum absolute atomic E-state index is 12.2. The largest absolute Gasteiger partial charge is 0.455 e. The van der Waals surface area contributed by atoms with Crippen LogP contribution >= 0.6 is 0 Å². The first-order valence-corrected chi connectivity index (χ1v) is 6.29. The van der Waals surface area contributed by atoms with Crippen LogP contribution in [-0.4, -0.2) is 22.8 Å². The number of nitro benzene ring substituents is 1. The van der Waals surface area contributed by atoms with E-state index in [0.717, 1.165) is 0 Å². The summed E-state index contributed by atoms with van der Waals surface area (Å²) < 4.78 is 5.29. The molecule has 0 aliphatic heterocycles. The Kier molecular flexibility index (Phi) is 4.34. The average Bonchev–Trinajstić information content (AvgIpc) is 2.95. The molecule has 7 heteroatoms. The lowest BCUT2D eigenvalue weighted by Gasteiger charge is -2.15. The molecule has 0 unspecified atom stereocenters. The van der Waals surface area contributed by atoms with E-state index < -0.39 is 4.92 Å². The standard InChI is InChI=1S/C14H15N3O4/c1-16(14(18)13-6-5-12(8-15)21-13)9-10-3-2-4-11(7-10)17(19)20/h2-7H,8-9,15H2,1H3. The summed E-state index contributed by atoms with van der Waals surface area (Å²) in [7, 11) is 1.60. The van der Waals surface area contributed by atoms with Gasteiger partial charge in [-0.1, -0.05) is 12.1 Å². The second-order valence-corrected chi connectivity index (χ2v) is 4.56. The Labute approximate surface area is 121 Å². The molecule has 110 valence electrons.